The highest BCUT2D eigenvalue weighted by molar-refractivity contribution is 4.76. The number of hydrogen-bond acceptors (Lipinski definition) is 5. The first-order chi connectivity index (χ1) is 8.75. The molecule has 5 nitrogen and oxygen atoms in total. The summed E-state index contributed by atoms with van der Waals surface area (Å²) in [7, 11) is 0. The minimum absolute atomic E-state index is 0.274. The zero-order valence-electron chi connectivity index (χ0n) is 11.4. The summed E-state index contributed by atoms with van der Waals surface area (Å²) in [6, 6.07) is 0.506. The zero-order chi connectivity index (χ0) is 12.8. The lowest BCUT2D eigenvalue weighted by molar-refractivity contribution is 0.00380. The molecule has 0 radical (unpaired) electrons. The second-order valence-electron chi connectivity index (χ2n) is 5.31. The maximum absolute atomic E-state index is 10.2. The van der Waals surface area contributed by atoms with Gasteiger partial charge in [0.05, 0.1) is 25.9 Å². The molecule has 2 aliphatic heterocycles. The topological polar surface area (TPSA) is 45.2 Å². The number of aliphatic hydroxyl groups is 1. The normalized spacial score (nSPS) is 30.0. The summed E-state index contributed by atoms with van der Waals surface area (Å²) in [6.07, 6.45) is 0.785. The zero-order valence-corrected chi connectivity index (χ0v) is 11.4. The summed E-state index contributed by atoms with van der Waals surface area (Å²) in [5.41, 5.74) is 0. The van der Waals surface area contributed by atoms with Crippen molar-refractivity contribution in [3.63, 3.8) is 0 Å². The predicted molar refractivity (Wildman–Crippen MR) is 69.7 cm³/mol. The molecular weight excluding hydrogens is 232 g/mol. The Morgan fingerprint density at radius 1 is 1.06 bits per heavy atom. The van der Waals surface area contributed by atoms with E-state index in [1.165, 1.54) is 0 Å². The lowest BCUT2D eigenvalue weighted by Crippen LogP contribution is -2.46. The van der Waals surface area contributed by atoms with E-state index >= 15 is 0 Å². The molecule has 0 aromatic heterocycles. The summed E-state index contributed by atoms with van der Waals surface area (Å²) in [5.74, 6) is 0. The summed E-state index contributed by atoms with van der Waals surface area (Å²) in [5, 5.41) is 10.2. The van der Waals surface area contributed by atoms with E-state index < -0.39 is 0 Å². The highest BCUT2D eigenvalue weighted by Crippen LogP contribution is 2.10. The molecule has 2 heterocycles. The molecule has 0 aromatic rings. The van der Waals surface area contributed by atoms with E-state index in [1.54, 1.807) is 0 Å². The van der Waals surface area contributed by atoms with Crippen LogP contribution >= 0.6 is 0 Å². The quantitative estimate of drug-likeness (QED) is 0.756. The van der Waals surface area contributed by atoms with Crippen molar-refractivity contribution in [2.24, 2.45) is 0 Å². The lowest BCUT2D eigenvalue weighted by Gasteiger charge is -2.32. The standard InChI is InChI=1S/C13H26N2O3/c1-12-2-6-17-9-5-15(12)11-13(16)10-14-3-7-18-8-4-14/h12-13,16H,2-11H2,1H3. The van der Waals surface area contributed by atoms with Gasteiger partial charge in [0.2, 0.25) is 0 Å². The van der Waals surface area contributed by atoms with Crippen LogP contribution in [0.25, 0.3) is 0 Å². The van der Waals surface area contributed by atoms with Gasteiger partial charge in [0, 0.05) is 45.4 Å². The van der Waals surface area contributed by atoms with Gasteiger partial charge in [0.1, 0.15) is 0 Å². The SMILES string of the molecule is CC1CCOCCN1CC(O)CN1CCOCC1. The van der Waals surface area contributed by atoms with E-state index in [0.717, 1.165) is 65.6 Å². The number of β-amino-alcohol motifs (C(OH)–C–C–N with tert-alkyl or cyclic N) is 1. The molecule has 2 fully saturated rings. The number of rotatable bonds is 4. The molecule has 2 saturated heterocycles. The largest absolute Gasteiger partial charge is 0.390 e. The van der Waals surface area contributed by atoms with Gasteiger partial charge in [-0.3, -0.25) is 9.80 Å². The van der Waals surface area contributed by atoms with Crippen molar-refractivity contribution in [1.82, 2.24) is 9.80 Å². The third kappa shape index (κ3) is 4.48. The van der Waals surface area contributed by atoms with Gasteiger partial charge in [0.15, 0.2) is 0 Å². The molecule has 0 aromatic carbocycles. The van der Waals surface area contributed by atoms with Crippen molar-refractivity contribution >= 4 is 0 Å². The Morgan fingerprint density at radius 2 is 1.72 bits per heavy atom. The second-order valence-corrected chi connectivity index (χ2v) is 5.31. The van der Waals surface area contributed by atoms with Crippen molar-refractivity contribution in [3.05, 3.63) is 0 Å². The molecule has 0 bridgehead atoms. The van der Waals surface area contributed by atoms with E-state index in [-0.39, 0.29) is 6.10 Å². The van der Waals surface area contributed by atoms with Gasteiger partial charge in [-0.2, -0.15) is 0 Å². The summed E-state index contributed by atoms with van der Waals surface area (Å²) in [6.45, 7) is 9.76. The third-order valence-corrected chi connectivity index (χ3v) is 3.84. The van der Waals surface area contributed by atoms with Crippen molar-refractivity contribution < 1.29 is 14.6 Å². The van der Waals surface area contributed by atoms with Crippen LogP contribution in [0.2, 0.25) is 0 Å². The van der Waals surface area contributed by atoms with Crippen LogP contribution in [0.5, 0.6) is 0 Å². The maximum atomic E-state index is 10.2. The van der Waals surface area contributed by atoms with E-state index in [0.29, 0.717) is 6.04 Å². The fraction of sp³-hybridized carbons (Fsp3) is 1.00. The Bertz CT molecular complexity index is 234. The van der Waals surface area contributed by atoms with Crippen LogP contribution in [0.4, 0.5) is 0 Å². The number of ether oxygens (including phenoxy) is 2. The van der Waals surface area contributed by atoms with Crippen molar-refractivity contribution in [2.45, 2.75) is 25.5 Å². The average Bonchev–Trinajstić information content (AvgIpc) is 2.56. The van der Waals surface area contributed by atoms with E-state index in [2.05, 4.69) is 16.7 Å². The summed E-state index contributed by atoms with van der Waals surface area (Å²) >= 11 is 0. The second kappa shape index (κ2) is 7.40. The highest BCUT2D eigenvalue weighted by Gasteiger charge is 2.21. The van der Waals surface area contributed by atoms with Crippen molar-refractivity contribution in [3.8, 4) is 0 Å². The van der Waals surface area contributed by atoms with Crippen LogP contribution in [-0.4, -0.2) is 86.2 Å². The Balaban J connectivity index is 1.72. The Kier molecular flexibility index (Phi) is 5.85. The molecule has 0 spiro atoms. The number of nitrogens with zero attached hydrogens (tertiary/aromatic N) is 2. The molecular formula is C13H26N2O3. The summed E-state index contributed by atoms with van der Waals surface area (Å²) < 4.78 is 10.8. The van der Waals surface area contributed by atoms with Crippen LogP contribution in [0.15, 0.2) is 0 Å². The predicted octanol–water partition coefficient (Wildman–Crippen LogP) is -0.210. The first kappa shape index (κ1) is 14.2. The molecule has 0 aliphatic carbocycles. The molecule has 106 valence electrons. The van der Waals surface area contributed by atoms with Gasteiger partial charge < -0.3 is 14.6 Å². The van der Waals surface area contributed by atoms with Crippen molar-refractivity contribution in [1.29, 1.82) is 0 Å². The first-order valence-corrected chi connectivity index (χ1v) is 7.05. The van der Waals surface area contributed by atoms with Gasteiger partial charge in [0.25, 0.3) is 0 Å². The molecule has 18 heavy (non-hydrogen) atoms. The van der Waals surface area contributed by atoms with Gasteiger partial charge in [-0.05, 0) is 13.3 Å². The number of hydrogen-bond donors (Lipinski definition) is 1. The average molecular weight is 258 g/mol. The van der Waals surface area contributed by atoms with Gasteiger partial charge in [-0.1, -0.05) is 0 Å². The highest BCUT2D eigenvalue weighted by atomic mass is 16.5. The van der Waals surface area contributed by atoms with Crippen LogP contribution in [0.1, 0.15) is 13.3 Å². The molecule has 2 unspecified atom stereocenters. The molecule has 2 atom stereocenters. The van der Waals surface area contributed by atoms with Crippen LogP contribution in [-0.2, 0) is 9.47 Å². The van der Waals surface area contributed by atoms with Crippen molar-refractivity contribution in [2.75, 3.05) is 59.2 Å². The summed E-state index contributed by atoms with van der Waals surface area (Å²) in [4.78, 5) is 4.63. The van der Waals surface area contributed by atoms with Crippen LogP contribution in [0.3, 0.4) is 0 Å². The minimum atomic E-state index is -0.274. The maximum Gasteiger partial charge on any atom is 0.0793 e. The fourth-order valence-corrected chi connectivity index (χ4v) is 2.62. The molecule has 1 N–H and O–H groups in total. The van der Waals surface area contributed by atoms with E-state index in [4.69, 9.17) is 9.47 Å². The van der Waals surface area contributed by atoms with Crippen LogP contribution in [0, 0.1) is 0 Å². The Hall–Kier alpha value is -0.200. The molecule has 2 rings (SSSR count). The minimum Gasteiger partial charge on any atom is -0.390 e. The van der Waals surface area contributed by atoms with E-state index in [9.17, 15) is 5.11 Å². The Labute approximate surface area is 110 Å². The number of aliphatic hydroxyl groups excluding tert-OH is 1. The first-order valence-electron chi connectivity index (χ1n) is 7.05. The lowest BCUT2D eigenvalue weighted by atomic mass is 10.2. The van der Waals surface area contributed by atoms with Crippen LogP contribution < -0.4 is 0 Å². The fourth-order valence-electron chi connectivity index (χ4n) is 2.62. The molecule has 5 heteroatoms. The van der Waals surface area contributed by atoms with Gasteiger partial charge >= 0.3 is 0 Å². The molecule has 0 amide bonds. The smallest absolute Gasteiger partial charge is 0.0793 e. The monoisotopic (exact) mass is 258 g/mol. The number of morpholine rings is 1. The Morgan fingerprint density at radius 3 is 2.50 bits per heavy atom. The van der Waals surface area contributed by atoms with Gasteiger partial charge in [-0.15, -0.1) is 0 Å². The van der Waals surface area contributed by atoms with Gasteiger partial charge in [-0.25, -0.2) is 0 Å². The molecule has 0 saturated carbocycles. The third-order valence-electron chi connectivity index (χ3n) is 3.84. The van der Waals surface area contributed by atoms with E-state index in [1.807, 2.05) is 0 Å². The molecule has 2 aliphatic rings.